The number of nitrogens with zero attached hydrogens (tertiary/aromatic N) is 1. The van der Waals surface area contributed by atoms with E-state index in [1.165, 1.54) is 25.1 Å². The van der Waals surface area contributed by atoms with Crippen LogP contribution in [0, 0.1) is 0 Å². The van der Waals surface area contributed by atoms with Gasteiger partial charge in [0.15, 0.2) is 10.8 Å². The molecule has 0 saturated carbocycles. The highest BCUT2D eigenvalue weighted by Crippen LogP contribution is 2.30. The molecule has 0 atom stereocenters. The summed E-state index contributed by atoms with van der Waals surface area (Å²) < 4.78 is 31.8. The molecule has 0 amide bonds. The van der Waals surface area contributed by atoms with Gasteiger partial charge < -0.3 is 9.84 Å². The number of aromatic amines is 1. The number of phenolic OH excluding ortho intramolecular Hbond substituents is 1. The molecule has 24 heavy (non-hydrogen) atoms. The summed E-state index contributed by atoms with van der Waals surface area (Å²) in [7, 11) is -4.27. The average molecular weight is 353 g/mol. The van der Waals surface area contributed by atoms with Crippen LogP contribution in [0.25, 0.3) is 0 Å². The van der Waals surface area contributed by atoms with Crippen molar-refractivity contribution < 1.29 is 27.9 Å². The average Bonchev–Trinajstić information content (AvgIpc) is 2.99. The van der Waals surface area contributed by atoms with Crippen LogP contribution in [0.15, 0.2) is 29.4 Å². The van der Waals surface area contributed by atoms with Crippen LogP contribution in [-0.2, 0) is 14.8 Å². The third kappa shape index (κ3) is 3.38. The first kappa shape index (κ1) is 17.5. The molecule has 9 nitrogen and oxygen atoms in total. The van der Waals surface area contributed by atoms with E-state index >= 15 is 0 Å². The molecule has 0 aliphatic heterocycles. The normalized spacial score (nSPS) is 11.1. The molecule has 3 N–H and O–H groups in total. The summed E-state index contributed by atoms with van der Waals surface area (Å²) in [6, 6.07) is 4.04. The van der Waals surface area contributed by atoms with Crippen molar-refractivity contribution in [3.05, 3.63) is 35.5 Å². The van der Waals surface area contributed by atoms with E-state index < -0.39 is 32.6 Å². The van der Waals surface area contributed by atoms with Crippen LogP contribution in [0.4, 0.5) is 5.69 Å². The second kappa shape index (κ2) is 6.71. The number of para-hydroxylation sites is 1. The lowest BCUT2D eigenvalue weighted by atomic mass is 10.1. The van der Waals surface area contributed by atoms with Gasteiger partial charge in [0.05, 0.1) is 24.1 Å². The molecule has 0 aliphatic rings. The van der Waals surface area contributed by atoms with Crippen LogP contribution in [0.5, 0.6) is 5.75 Å². The van der Waals surface area contributed by atoms with E-state index in [1.807, 2.05) is 0 Å². The maximum absolute atomic E-state index is 12.4. The minimum Gasteiger partial charge on any atom is -0.505 e. The van der Waals surface area contributed by atoms with E-state index in [1.54, 1.807) is 6.92 Å². The van der Waals surface area contributed by atoms with Crippen molar-refractivity contribution in [1.29, 1.82) is 0 Å². The van der Waals surface area contributed by atoms with Crippen molar-refractivity contribution in [2.24, 2.45) is 0 Å². The number of H-pyrrole nitrogens is 1. The number of anilines is 1. The van der Waals surface area contributed by atoms with Crippen molar-refractivity contribution in [1.82, 2.24) is 10.2 Å². The zero-order chi connectivity index (χ0) is 17.9. The molecule has 1 aromatic heterocycles. The number of hydrogen-bond acceptors (Lipinski definition) is 7. The molecular weight excluding hydrogens is 338 g/mol. The van der Waals surface area contributed by atoms with Gasteiger partial charge in [0.25, 0.3) is 10.0 Å². The summed E-state index contributed by atoms with van der Waals surface area (Å²) in [6.45, 7) is 2.88. The highest BCUT2D eigenvalue weighted by atomic mass is 32.2. The lowest BCUT2D eigenvalue weighted by Gasteiger charge is -2.11. The molecule has 0 aliphatic carbocycles. The van der Waals surface area contributed by atoms with Crippen molar-refractivity contribution in [2.75, 3.05) is 11.3 Å². The van der Waals surface area contributed by atoms with E-state index in [-0.39, 0.29) is 23.4 Å². The predicted octanol–water partition coefficient (Wildman–Crippen LogP) is 1.30. The van der Waals surface area contributed by atoms with Crippen LogP contribution in [0.2, 0.25) is 0 Å². The van der Waals surface area contributed by atoms with Gasteiger partial charge in [0.1, 0.15) is 11.3 Å². The molecule has 0 saturated heterocycles. The van der Waals surface area contributed by atoms with E-state index in [9.17, 15) is 23.1 Å². The van der Waals surface area contributed by atoms with Gasteiger partial charge in [-0.2, -0.15) is 13.5 Å². The third-order valence-electron chi connectivity index (χ3n) is 3.03. The number of rotatable bonds is 6. The molecule has 0 unspecified atom stereocenters. The minimum atomic E-state index is -4.27. The lowest BCUT2D eigenvalue weighted by molar-refractivity contribution is 0.0521. The summed E-state index contributed by atoms with van der Waals surface area (Å²) >= 11 is 0. The zero-order valence-corrected chi connectivity index (χ0v) is 13.7. The highest BCUT2D eigenvalue weighted by Gasteiger charge is 2.27. The monoisotopic (exact) mass is 353 g/mol. The van der Waals surface area contributed by atoms with Crippen LogP contribution in [-0.4, -0.2) is 42.1 Å². The van der Waals surface area contributed by atoms with E-state index in [0.29, 0.717) is 0 Å². The Kier molecular flexibility index (Phi) is 4.88. The molecule has 0 radical (unpaired) electrons. The summed E-state index contributed by atoms with van der Waals surface area (Å²) in [6.07, 6.45) is 1.03. The highest BCUT2D eigenvalue weighted by molar-refractivity contribution is 7.92. The third-order valence-corrected chi connectivity index (χ3v) is 4.37. The van der Waals surface area contributed by atoms with Gasteiger partial charge in [-0.05, 0) is 26.0 Å². The zero-order valence-electron chi connectivity index (χ0n) is 12.9. The molecule has 2 rings (SSSR count). The molecule has 10 heteroatoms. The Bertz CT molecular complexity index is 888. The van der Waals surface area contributed by atoms with E-state index in [0.717, 1.165) is 6.20 Å². The Morgan fingerprint density at radius 3 is 2.67 bits per heavy atom. The molecule has 128 valence electrons. The first-order valence-electron chi connectivity index (χ1n) is 6.84. The second-order valence-corrected chi connectivity index (χ2v) is 6.32. The smallest absolute Gasteiger partial charge is 0.342 e. The number of carbonyl (C=O) groups excluding carboxylic acids is 2. The van der Waals surface area contributed by atoms with Crippen molar-refractivity contribution in [2.45, 2.75) is 18.9 Å². The number of aromatic hydroxyl groups is 1. The first-order valence-corrected chi connectivity index (χ1v) is 8.32. The standard InChI is InChI=1S/C14H15N3O6S/c1-3-23-14(20)10-7-15-16-13(10)24(21,22)17-11-6-4-5-9(8(2)18)12(11)19/h4-7,17,19H,3H2,1-2H3,(H,15,16). The van der Waals surface area contributed by atoms with Gasteiger partial charge in [0, 0.05) is 0 Å². The quantitative estimate of drug-likeness (QED) is 0.404. The molecular formula is C14H15N3O6S. The summed E-state index contributed by atoms with van der Waals surface area (Å²) in [4.78, 5) is 23.2. The molecule has 1 heterocycles. The Morgan fingerprint density at radius 1 is 1.33 bits per heavy atom. The van der Waals surface area contributed by atoms with Gasteiger partial charge in [-0.15, -0.1) is 0 Å². The number of sulfonamides is 1. The lowest BCUT2D eigenvalue weighted by Crippen LogP contribution is -2.18. The summed E-state index contributed by atoms with van der Waals surface area (Å²) in [5.74, 6) is -1.79. The van der Waals surface area contributed by atoms with Gasteiger partial charge in [-0.3, -0.25) is 14.6 Å². The maximum atomic E-state index is 12.4. The largest absolute Gasteiger partial charge is 0.505 e. The minimum absolute atomic E-state index is 0.0366. The van der Waals surface area contributed by atoms with Crippen molar-refractivity contribution in [3.8, 4) is 5.75 Å². The summed E-state index contributed by atoms with van der Waals surface area (Å²) in [5.41, 5.74) is -0.510. The van der Waals surface area contributed by atoms with Gasteiger partial charge in [-0.1, -0.05) is 6.07 Å². The number of benzene rings is 1. The van der Waals surface area contributed by atoms with Gasteiger partial charge in [0.2, 0.25) is 0 Å². The van der Waals surface area contributed by atoms with E-state index in [2.05, 4.69) is 14.9 Å². The first-order chi connectivity index (χ1) is 11.3. The van der Waals surface area contributed by atoms with Crippen LogP contribution >= 0.6 is 0 Å². The number of carbonyl (C=O) groups is 2. The number of phenols is 1. The fourth-order valence-corrected chi connectivity index (χ4v) is 3.09. The number of Topliss-reactive ketones (excluding diaryl/α,β-unsaturated/α-hetero) is 1. The maximum Gasteiger partial charge on any atom is 0.342 e. The van der Waals surface area contributed by atoms with Crippen LogP contribution in [0.1, 0.15) is 34.6 Å². The number of ketones is 1. The molecule has 1 aromatic carbocycles. The predicted molar refractivity (Wildman–Crippen MR) is 83.5 cm³/mol. The molecule has 0 bridgehead atoms. The van der Waals surface area contributed by atoms with Gasteiger partial charge >= 0.3 is 5.97 Å². The van der Waals surface area contributed by atoms with Crippen LogP contribution in [0.3, 0.4) is 0 Å². The molecule has 2 aromatic rings. The number of aromatic nitrogens is 2. The topological polar surface area (TPSA) is 138 Å². The Morgan fingerprint density at radius 2 is 2.04 bits per heavy atom. The van der Waals surface area contributed by atoms with Crippen molar-refractivity contribution >= 4 is 27.5 Å². The fraction of sp³-hybridized carbons (Fsp3) is 0.214. The Hall–Kier alpha value is -2.88. The second-order valence-electron chi connectivity index (χ2n) is 4.70. The Labute approximate surface area is 137 Å². The Balaban J connectivity index is 2.41. The fourth-order valence-electron chi connectivity index (χ4n) is 1.94. The number of hydrogen-bond donors (Lipinski definition) is 3. The van der Waals surface area contributed by atoms with Gasteiger partial charge in [-0.25, -0.2) is 4.79 Å². The van der Waals surface area contributed by atoms with Crippen LogP contribution < -0.4 is 4.72 Å². The van der Waals surface area contributed by atoms with E-state index in [4.69, 9.17) is 4.74 Å². The number of nitrogens with one attached hydrogen (secondary N) is 2. The number of esters is 1. The summed E-state index contributed by atoms with van der Waals surface area (Å²) in [5, 5.41) is 15.3. The number of ether oxygens (including phenoxy) is 1. The molecule has 0 spiro atoms. The van der Waals surface area contributed by atoms with Crippen molar-refractivity contribution in [3.63, 3.8) is 0 Å². The SMILES string of the molecule is CCOC(=O)c1cn[nH]c1S(=O)(=O)Nc1cccc(C(C)=O)c1O. The molecule has 0 fully saturated rings.